The van der Waals surface area contributed by atoms with E-state index in [9.17, 15) is 9.18 Å². The molecule has 1 fully saturated rings. The predicted molar refractivity (Wildman–Crippen MR) is 159 cm³/mol. The molecular formula is C28H34Cl2FN7O2. The Morgan fingerprint density at radius 2 is 1.93 bits per heavy atom. The Balaban J connectivity index is 0.000000663. The molecule has 3 aromatic rings. The molecule has 9 nitrogen and oxygen atoms in total. The van der Waals surface area contributed by atoms with Crippen molar-refractivity contribution < 1.29 is 13.9 Å². The molecular weight excluding hydrogens is 556 g/mol. The molecule has 1 saturated heterocycles. The first-order valence-electron chi connectivity index (χ1n) is 12.5. The van der Waals surface area contributed by atoms with Crippen molar-refractivity contribution in [3.8, 4) is 5.75 Å². The number of hydrogen-bond acceptors (Lipinski definition) is 9. The van der Waals surface area contributed by atoms with E-state index in [4.69, 9.17) is 39.1 Å². The highest BCUT2D eigenvalue weighted by atomic mass is 35.5. The van der Waals surface area contributed by atoms with E-state index in [2.05, 4.69) is 22.2 Å². The maximum Gasteiger partial charge on any atom is 0.166 e. The van der Waals surface area contributed by atoms with Gasteiger partial charge in [-0.3, -0.25) is 10.4 Å². The molecule has 0 radical (unpaired) electrons. The molecule has 1 aromatic carbocycles. The number of nitrogens with two attached hydrogens (primary N) is 1. The van der Waals surface area contributed by atoms with Crippen LogP contribution in [0.15, 0.2) is 42.9 Å². The van der Waals surface area contributed by atoms with Crippen LogP contribution in [0.5, 0.6) is 5.75 Å². The Bertz CT molecular complexity index is 1350. The third-order valence-corrected chi connectivity index (χ3v) is 7.04. The van der Waals surface area contributed by atoms with Crippen molar-refractivity contribution in [1.82, 2.24) is 20.2 Å². The molecule has 1 aliphatic heterocycles. The fourth-order valence-electron chi connectivity index (χ4n) is 4.11. The van der Waals surface area contributed by atoms with Crippen LogP contribution in [0.25, 0.3) is 0 Å². The second-order valence-electron chi connectivity index (χ2n) is 10.0. The summed E-state index contributed by atoms with van der Waals surface area (Å²) in [7, 11) is 5.59. The summed E-state index contributed by atoms with van der Waals surface area (Å²) < 4.78 is 20.9. The quantitative estimate of drug-likeness (QED) is 0.188. The zero-order valence-electron chi connectivity index (χ0n) is 23.1. The highest BCUT2D eigenvalue weighted by Gasteiger charge is 2.39. The number of nitrogens with one attached hydrogen (secondary N) is 2. The van der Waals surface area contributed by atoms with Crippen molar-refractivity contribution in [3.05, 3.63) is 75.4 Å². The Morgan fingerprint density at radius 3 is 2.45 bits per heavy atom. The lowest BCUT2D eigenvalue weighted by Gasteiger charge is -2.48. The average Bonchev–Trinajstić information content (AvgIpc) is 2.88. The third kappa shape index (κ3) is 7.45. The van der Waals surface area contributed by atoms with Gasteiger partial charge in [0.2, 0.25) is 0 Å². The zero-order valence-corrected chi connectivity index (χ0v) is 24.6. The summed E-state index contributed by atoms with van der Waals surface area (Å²) in [5, 5.41) is 12.6. The van der Waals surface area contributed by atoms with E-state index in [0.29, 0.717) is 57.8 Å². The molecule has 3 heterocycles. The number of aromatic nitrogens is 2. The fraction of sp³-hybridized carbons (Fsp3) is 0.357. The molecule has 0 bridgehead atoms. The summed E-state index contributed by atoms with van der Waals surface area (Å²) in [4.78, 5) is 21.5. The lowest BCUT2D eigenvalue weighted by molar-refractivity contribution is -0.108. The van der Waals surface area contributed by atoms with Crippen LogP contribution < -0.4 is 20.7 Å². The van der Waals surface area contributed by atoms with Crippen LogP contribution in [0, 0.1) is 11.2 Å². The van der Waals surface area contributed by atoms with E-state index in [1.807, 2.05) is 30.9 Å². The van der Waals surface area contributed by atoms with Gasteiger partial charge in [-0.2, -0.15) is 0 Å². The fourth-order valence-corrected chi connectivity index (χ4v) is 4.78. The summed E-state index contributed by atoms with van der Waals surface area (Å²) in [5.74, 6) is 0.249. The summed E-state index contributed by atoms with van der Waals surface area (Å²) in [5.41, 5.74) is 7.80. The van der Waals surface area contributed by atoms with Crippen molar-refractivity contribution in [2.24, 2.45) is 0 Å². The van der Waals surface area contributed by atoms with Gasteiger partial charge in [-0.1, -0.05) is 23.2 Å². The Morgan fingerprint density at radius 1 is 1.27 bits per heavy atom. The maximum atomic E-state index is 14.9. The minimum atomic E-state index is -0.484. The number of anilines is 2. The number of hydrogen-bond donors (Lipinski definition) is 3. The highest BCUT2D eigenvalue weighted by molar-refractivity contribution is 6.35. The third-order valence-electron chi connectivity index (χ3n) is 6.44. The monoisotopic (exact) mass is 589 g/mol. The number of likely N-dealkylation sites (N-methyl/N-ethyl adjacent to an activating group) is 2. The minimum Gasteiger partial charge on any atom is -0.486 e. The number of carbonyl (C=O) groups is 1. The molecule has 40 heavy (non-hydrogen) atoms. The van der Waals surface area contributed by atoms with Gasteiger partial charge in [0, 0.05) is 54.1 Å². The number of nitrogens with zero attached hydrogens (tertiary/aromatic N) is 4. The summed E-state index contributed by atoms with van der Waals surface area (Å²) in [6.45, 7) is 5.71. The first-order chi connectivity index (χ1) is 18.9. The highest BCUT2D eigenvalue weighted by Crippen LogP contribution is 2.34. The molecule has 0 unspecified atom stereocenters. The zero-order chi connectivity index (χ0) is 29.6. The van der Waals surface area contributed by atoms with E-state index in [-0.39, 0.29) is 17.1 Å². The normalized spacial score (nSPS) is 14.6. The lowest BCUT2D eigenvalue weighted by atomic mass is 9.92. The molecule has 1 aliphatic rings. The van der Waals surface area contributed by atoms with Crippen LogP contribution >= 0.6 is 23.2 Å². The number of ether oxygens (including phenoxy) is 1. The van der Waals surface area contributed by atoms with E-state index < -0.39 is 11.9 Å². The summed E-state index contributed by atoms with van der Waals surface area (Å²) in [6.07, 6.45) is 4.88. The second-order valence-corrected chi connectivity index (χ2v) is 10.8. The molecule has 0 saturated carbocycles. The summed E-state index contributed by atoms with van der Waals surface area (Å²) >= 11 is 12.5. The molecule has 214 valence electrons. The number of nitrogen functional groups attached to an aromatic ring is 1. The van der Waals surface area contributed by atoms with Gasteiger partial charge >= 0.3 is 0 Å². The number of aldehydes is 1. The lowest BCUT2D eigenvalue weighted by Crippen LogP contribution is -2.67. The Hall–Kier alpha value is -3.31. The molecule has 0 spiro atoms. The van der Waals surface area contributed by atoms with Crippen molar-refractivity contribution in [2.45, 2.75) is 25.5 Å². The van der Waals surface area contributed by atoms with E-state index in [1.54, 1.807) is 25.1 Å². The van der Waals surface area contributed by atoms with Crippen LogP contribution in [-0.2, 0) is 4.79 Å². The SMILES string of the molecule is CN(C)CC=O.CNC1(C)CN(c2ncc(C(=N)c3cc(O[C@H](C)c4c(Cl)cncc4Cl)ccc3N)cc2F)C1. The van der Waals surface area contributed by atoms with Gasteiger partial charge < -0.3 is 30.4 Å². The first kappa shape index (κ1) is 31.2. The largest absolute Gasteiger partial charge is 0.486 e. The van der Waals surface area contributed by atoms with Crippen LogP contribution in [-0.4, -0.2) is 73.2 Å². The van der Waals surface area contributed by atoms with Crippen LogP contribution in [0.2, 0.25) is 10.0 Å². The van der Waals surface area contributed by atoms with E-state index in [1.165, 1.54) is 24.7 Å². The van der Waals surface area contributed by atoms with Crippen LogP contribution in [0.1, 0.15) is 36.6 Å². The topological polar surface area (TPSA) is 120 Å². The van der Waals surface area contributed by atoms with E-state index >= 15 is 0 Å². The van der Waals surface area contributed by atoms with Crippen molar-refractivity contribution in [2.75, 3.05) is 51.4 Å². The molecule has 1 atom stereocenters. The first-order valence-corrected chi connectivity index (χ1v) is 13.3. The predicted octanol–water partition coefficient (Wildman–Crippen LogP) is 4.61. The molecule has 4 N–H and O–H groups in total. The summed E-state index contributed by atoms with van der Waals surface area (Å²) in [6, 6.07) is 6.28. The number of halogens is 3. The van der Waals surface area contributed by atoms with E-state index in [0.717, 1.165) is 6.29 Å². The molecule has 4 rings (SSSR count). The Kier molecular flexibility index (Phi) is 10.4. The van der Waals surface area contributed by atoms with Gasteiger partial charge in [-0.15, -0.1) is 0 Å². The number of benzene rings is 1. The Labute approximate surface area is 244 Å². The van der Waals surface area contributed by atoms with Gasteiger partial charge in [-0.25, -0.2) is 9.37 Å². The van der Waals surface area contributed by atoms with Gasteiger partial charge in [-0.05, 0) is 59.3 Å². The van der Waals surface area contributed by atoms with Gasteiger partial charge in [0.25, 0.3) is 0 Å². The van der Waals surface area contributed by atoms with Crippen molar-refractivity contribution >= 4 is 46.7 Å². The number of rotatable bonds is 9. The molecule has 0 aliphatic carbocycles. The number of carbonyl (C=O) groups excluding carboxylic acids is 1. The van der Waals surface area contributed by atoms with Crippen molar-refractivity contribution in [1.29, 1.82) is 5.41 Å². The minimum absolute atomic E-state index is 0.0391. The van der Waals surface area contributed by atoms with Gasteiger partial charge in [0.15, 0.2) is 11.6 Å². The van der Waals surface area contributed by atoms with Crippen molar-refractivity contribution in [3.63, 3.8) is 0 Å². The average molecular weight is 591 g/mol. The van der Waals surface area contributed by atoms with Crippen LogP contribution in [0.3, 0.4) is 0 Å². The maximum absolute atomic E-state index is 14.9. The number of pyridine rings is 2. The van der Waals surface area contributed by atoms with Gasteiger partial charge in [0.1, 0.15) is 18.1 Å². The van der Waals surface area contributed by atoms with Crippen LogP contribution in [0.4, 0.5) is 15.9 Å². The molecule has 0 amide bonds. The molecule has 12 heteroatoms. The standard InChI is InChI=1S/C24H25Cl2FN6O.C4H9NO/c1-13(21-17(25)9-31-10-18(21)26)34-15-4-5-20(28)16(7-15)22(29)14-6-19(27)23(32-8-14)33-11-24(2,12-33)30-3;1-5(2)3-4-6/h4-10,13,29-30H,11-12,28H2,1-3H3;4H,3H2,1-2H3/t13-;/m1./s1. The second kappa shape index (κ2) is 13.4. The smallest absolute Gasteiger partial charge is 0.166 e. The van der Waals surface area contributed by atoms with Gasteiger partial charge in [0.05, 0.1) is 27.8 Å². The molecule has 2 aromatic heterocycles.